The molecule has 1 N–H and O–H groups in total. The van der Waals surface area contributed by atoms with Gasteiger partial charge in [0.1, 0.15) is 11.5 Å². The Morgan fingerprint density at radius 3 is 2.77 bits per heavy atom. The van der Waals surface area contributed by atoms with Crippen molar-refractivity contribution in [3.05, 3.63) is 52.9 Å². The lowest BCUT2D eigenvalue weighted by Crippen LogP contribution is -2.38. The molecule has 2 heterocycles. The quantitative estimate of drug-likeness (QED) is 0.625. The van der Waals surface area contributed by atoms with E-state index in [1.54, 1.807) is 4.90 Å². The smallest absolute Gasteiger partial charge is 0.265 e. The number of aryl methyl sites for hydroxylation is 2. The minimum atomic E-state index is -0.273. The molecule has 7 nitrogen and oxygen atoms in total. The van der Waals surface area contributed by atoms with E-state index in [0.717, 1.165) is 28.1 Å². The number of benzene rings is 2. The molecule has 0 saturated heterocycles. The lowest BCUT2D eigenvalue weighted by atomic mass is 10.1. The lowest BCUT2D eigenvalue weighted by Gasteiger charge is -2.28. The van der Waals surface area contributed by atoms with E-state index in [9.17, 15) is 9.59 Å². The normalized spacial score (nSPS) is 12.9. The van der Waals surface area contributed by atoms with Crippen molar-refractivity contribution in [2.75, 3.05) is 30.0 Å². The number of rotatable bonds is 6. The number of carbonyl (C=O) groups is 2. The Hall–Kier alpha value is -3.39. The zero-order valence-electron chi connectivity index (χ0n) is 17.6. The average Bonchev–Trinajstić information content (AvgIpc) is 3.21. The molecule has 0 spiro atoms. The number of anilines is 2. The number of hydrogen-bond donors (Lipinski definition) is 1. The Bertz CT molecular complexity index is 1120. The highest BCUT2D eigenvalue weighted by Gasteiger charge is 2.24. The van der Waals surface area contributed by atoms with Crippen molar-refractivity contribution in [2.24, 2.45) is 0 Å². The maximum absolute atomic E-state index is 12.3. The van der Waals surface area contributed by atoms with Gasteiger partial charge in [-0.3, -0.25) is 14.9 Å². The van der Waals surface area contributed by atoms with Gasteiger partial charge in [0.2, 0.25) is 0 Å². The average molecular weight is 438 g/mol. The minimum absolute atomic E-state index is 0.0527. The number of para-hydroxylation sites is 1. The van der Waals surface area contributed by atoms with Crippen LogP contribution in [0.1, 0.15) is 18.1 Å². The van der Waals surface area contributed by atoms with Crippen LogP contribution in [0, 0.1) is 13.8 Å². The first-order chi connectivity index (χ1) is 15.0. The van der Waals surface area contributed by atoms with Crippen LogP contribution in [0.25, 0.3) is 11.3 Å². The molecule has 0 bridgehead atoms. The standard InChI is InChI=1S/C23H23N3O4S/c1-4-26-18-10-16(8-9-19(18)29-12-21(26)28)17-13-31-23(24-17)25-20(27)11-30-22-14(2)6-5-7-15(22)3/h5-10,13H,4,11-12H2,1-3H3,(H,24,25,27). The number of nitrogens with one attached hydrogen (secondary N) is 1. The van der Waals surface area contributed by atoms with Gasteiger partial charge in [0.05, 0.1) is 11.4 Å². The topological polar surface area (TPSA) is 80.8 Å². The Balaban J connectivity index is 1.44. The lowest BCUT2D eigenvalue weighted by molar-refractivity contribution is -0.121. The van der Waals surface area contributed by atoms with E-state index in [1.165, 1.54) is 11.3 Å². The highest BCUT2D eigenvalue weighted by molar-refractivity contribution is 7.14. The third-order valence-electron chi connectivity index (χ3n) is 5.02. The van der Waals surface area contributed by atoms with Crippen LogP contribution in [0.5, 0.6) is 11.5 Å². The SMILES string of the molecule is CCN1C(=O)COc2ccc(-c3csc(NC(=O)COc4c(C)cccc4C)n3)cc21. The summed E-state index contributed by atoms with van der Waals surface area (Å²) in [4.78, 5) is 30.6. The molecule has 1 aliphatic rings. The third kappa shape index (κ3) is 4.39. The van der Waals surface area contributed by atoms with Gasteiger partial charge in [0, 0.05) is 17.5 Å². The fourth-order valence-corrected chi connectivity index (χ4v) is 4.23. The molecule has 1 aromatic heterocycles. The first-order valence-corrected chi connectivity index (χ1v) is 10.9. The molecular formula is C23H23N3O4S. The van der Waals surface area contributed by atoms with Crippen molar-refractivity contribution in [1.82, 2.24) is 4.98 Å². The number of aromatic nitrogens is 1. The third-order valence-corrected chi connectivity index (χ3v) is 5.78. The van der Waals surface area contributed by atoms with Crippen molar-refractivity contribution in [1.29, 1.82) is 0 Å². The maximum Gasteiger partial charge on any atom is 0.265 e. The van der Waals surface area contributed by atoms with Crippen molar-refractivity contribution < 1.29 is 19.1 Å². The zero-order valence-corrected chi connectivity index (χ0v) is 18.4. The van der Waals surface area contributed by atoms with Gasteiger partial charge < -0.3 is 14.4 Å². The number of ether oxygens (including phenoxy) is 2. The number of thiazole rings is 1. The van der Waals surface area contributed by atoms with E-state index < -0.39 is 0 Å². The first kappa shape index (κ1) is 20.9. The molecule has 0 unspecified atom stereocenters. The van der Waals surface area contributed by atoms with Crippen molar-refractivity contribution in [2.45, 2.75) is 20.8 Å². The van der Waals surface area contributed by atoms with E-state index in [-0.39, 0.29) is 25.0 Å². The van der Waals surface area contributed by atoms with Gasteiger partial charge in [-0.15, -0.1) is 11.3 Å². The number of hydrogen-bond acceptors (Lipinski definition) is 6. The van der Waals surface area contributed by atoms with E-state index in [1.807, 2.05) is 62.5 Å². The van der Waals surface area contributed by atoms with E-state index in [4.69, 9.17) is 9.47 Å². The second-order valence-electron chi connectivity index (χ2n) is 7.20. The molecule has 2 amide bonds. The number of amides is 2. The highest BCUT2D eigenvalue weighted by atomic mass is 32.1. The van der Waals surface area contributed by atoms with Crippen molar-refractivity contribution in [3.8, 4) is 22.8 Å². The predicted octanol–water partition coefficient (Wildman–Crippen LogP) is 4.19. The molecule has 4 rings (SSSR count). The molecular weight excluding hydrogens is 414 g/mol. The summed E-state index contributed by atoms with van der Waals surface area (Å²) < 4.78 is 11.2. The molecule has 31 heavy (non-hydrogen) atoms. The van der Waals surface area contributed by atoms with Crippen LogP contribution in [-0.2, 0) is 9.59 Å². The summed E-state index contributed by atoms with van der Waals surface area (Å²) in [6, 6.07) is 11.5. The fourth-order valence-electron chi connectivity index (χ4n) is 3.49. The van der Waals surface area contributed by atoms with Crippen LogP contribution in [0.15, 0.2) is 41.8 Å². The summed E-state index contributed by atoms with van der Waals surface area (Å²) in [5.41, 5.74) is 4.27. The second kappa shape index (κ2) is 8.77. The van der Waals surface area contributed by atoms with Gasteiger partial charge in [0.25, 0.3) is 11.8 Å². The summed E-state index contributed by atoms with van der Waals surface area (Å²) >= 11 is 1.33. The predicted molar refractivity (Wildman–Crippen MR) is 121 cm³/mol. The number of carbonyl (C=O) groups excluding carboxylic acids is 2. The summed E-state index contributed by atoms with van der Waals surface area (Å²) in [6.07, 6.45) is 0. The van der Waals surface area contributed by atoms with Crippen molar-refractivity contribution in [3.63, 3.8) is 0 Å². The van der Waals surface area contributed by atoms with Gasteiger partial charge in [-0.1, -0.05) is 18.2 Å². The van der Waals surface area contributed by atoms with Gasteiger partial charge >= 0.3 is 0 Å². The van der Waals surface area contributed by atoms with Crippen LogP contribution < -0.4 is 19.7 Å². The minimum Gasteiger partial charge on any atom is -0.483 e. The molecule has 3 aromatic rings. The summed E-state index contributed by atoms with van der Waals surface area (Å²) in [5.74, 6) is 1.06. The van der Waals surface area contributed by atoms with Gasteiger partial charge in [-0.25, -0.2) is 4.98 Å². The summed E-state index contributed by atoms with van der Waals surface area (Å²) in [7, 11) is 0. The number of nitrogens with zero attached hydrogens (tertiary/aromatic N) is 2. The van der Waals surface area contributed by atoms with Gasteiger partial charge in [-0.05, 0) is 50.1 Å². The van der Waals surface area contributed by atoms with E-state index in [2.05, 4.69) is 10.3 Å². The molecule has 1 aliphatic heterocycles. The zero-order chi connectivity index (χ0) is 22.0. The summed E-state index contributed by atoms with van der Waals surface area (Å²) in [6.45, 7) is 6.35. The maximum atomic E-state index is 12.3. The molecule has 0 fully saturated rings. The number of likely N-dealkylation sites (N-methyl/N-ethyl adjacent to an activating group) is 1. The molecule has 0 atom stereocenters. The van der Waals surface area contributed by atoms with E-state index >= 15 is 0 Å². The van der Waals surface area contributed by atoms with Gasteiger partial charge in [-0.2, -0.15) is 0 Å². The van der Waals surface area contributed by atoms with Crippen LogP contribution in [0.2, 0.25) is 0 Å². The highest BCUT2D eigenvalue weighted by Crippen LogP contribution is 2.36. The van der Waals surface area contributed by atoms with Crippen molar-refractivity contribution >= 4 is 34.0 Å². The number of fused-ring (bicyclic) bond motifs is 1. The molecule has 2 aromatic carbocycles. The molecule has 8 heteroatoms. The van der Waals surface area contributed by atoms with Crippen LogP contribution in [-0.4, -0.2) is 36.6 Å². The Morgan fingerprint density at radius 2 is 2.03 bits per heavy atom. The Labute approximate surface area is 184 Å². The molecule has 0 radical (unpaired) electrons. The first-order valence-electron chi connectivity index (χ1n) is 9.98. The van der Waals surface area contributed by atoms with E-state index in [0.29, 0.717) is 23.1 Å². The summed E-state index contributed by atoms with van der Waals surface area (Å²) in [5, 5.41) is 5.14. The largest absolute Gasteiger partial charge is 0.483 e. The van der Waals surface area contributed by atoms with Gasteiger partial charge in [0.15, 0.2) is 18.3 Å². The monoisotopic (exact) mass is 437 g/mol. The second-order valence-corrected chi connectivity index (χ2v) is 8.06. The Morgan fingerprint density at radius 1 is 1.26 bits per heavy atom. The van der Waals surface area contributed by atoms with Crippen LogP contribution in [0.3, 0.4) is 0 Å². The fraction of sp³-hybridized carbons (Fsp3) is 0.261. The molecule has 0 aliphatic carbocycles. The molecule has 0 saturated carbocycles. The molecule has 160 valence electrons. The van der Waals surface area contributed by atoms with Crippen LogP contribution in [0.4, 0.5) is 10.8 Å². The van der Waals surface area contributed by atoms with Crippen LogP contribution >= 0.6 is 11.3 Å². The Kier molecular flexibility index (Phi) is 5.90.